The van der Waals surface area contributed by atoms with Gasteiger partial charge in [-0.25, -0.2) is 4.79 Å². The lowest BCUT2D eigenvalue weighted by atomic mass is 10.0. The molecule has 1 aliphatic carbocycles. The van der Waals surface area contributed by atoms with Gasteiger partial charge >= 0.3 is 5.97 Å². The number of non-ortho nitro benzene ring substituents is 1. The van der Waals surface area contributed by atoms with Gasteiger partial charge in [0.05, 0.1) is 17.7 Å². The molecule has 1 heterocycles. The maximum atomic E-state index is 12.7. The van der Waals surface area contributed by atoms with Crippen LogP contribution in [0, 0.1) is 10.1 Å². The molecule has 8 nitrogen and oxygen atoms in total. The average Bonchev–Trinajstić information content (AvgIpc) is 3.28. The Hall–Kier alpha value is -3.68. The van der Waals surface area contributed by atoms with Gasteiger partial charge in [-0.2, -0.15) is 0 Å². The second-order valence-corrected chi connectivity index (χ2v) is 6.79. The van der Waals surface area contributed by atoms with Crippen molar-refractivity contribution in [2.45, 2.75) is 32.2 Å². The molecule has 1 aromatic heterocycles. The van der Waals surface area contributed by atoms with Gasteiger partial charge in [-0.1, -0.05) is 6.08 Å². The number of nitro groups is 1. The molecule has 0 fully saturated rings. The topological polar surface area (TPSA) is 103 Å². The van der Waals surface area contributed by atoms with Gasteiger partial charge in [0.25, 0.3) is 11.6 Å². The Balaban J connectivity index is 1.57. The van der Waals surface area contributed by atoms with Crippen LogP contribution >= 0.6 is 0 Å². The molecule has 0 N–H and O–H groups in total. The van der Waals surface area contributed by atoms with Crippen molar-refractivity contribution in [1.82, 2.24) is 4.90 Å². The summed E-state index contributed by atoms with van der Waals surface area (Å²) in [5.41, 5.74) is 1.49. The van der Waals surface area contributed by atoms with Crippen molar-refractivity contribution in [3.63, 3.8) is 0 Å². The Labute approximate surface area is 173 Å². The lowest BCUT2D eigenvalue weighted by molar-refractivity contribution is -0.384. The van der Waals surface area contributed by atoms with Gasteiger partial charge in [0, 0.05) is 23.9 Å². The number of amides is 1. The van der Waals surface area contributed by atoms with E-state index in [1.807, 2.05) is 6.08 Å². The molecule has 8 heteroatoms. The van der Waals surface area contributed by atoms with Crippen molar-refractivity contribution in [2.75, 3.05) is 6.61 Å². The van der Waals surface area contributed by atoms with Crippen LogP contribution in [0.3, 0.4) is 0 Å². The number of hydrogen-bond donors (Lipinski definition) is 0. The Morgan fingerprint density at radius 2 is 2.00 bits per heavy atom. The first-order valence-corrected chi connectivity index (χ1v) is 9.64. The summed E-state index contributed by atoms with van der Waals surface area (Å²) in [6.45, 7) is -0.102. The van der Waals surface area contributed by atoms with E-state index < -0.39 is 10.9 Å². The maximum Gasteiger partial charge on any atom is 0.331 e. The van der Waals surface area contributed by atoms with Crippen LogP contribution in [0.4, 0.5) is 5.69 Å². The fraction of sp³-hybridized carbons (Fsp3) is 0.273. The second kappa shape index (κ2) is 10.2. The summed E-state index contributed by atoms with van der Waals surface area (Å²) in [6.07, 6.45) is 10.1. The molecule has 0 unspecified atom stereocenters. The first-order valence-electron chi connectivity index (χ1n) is 9.64. The predicted molar refractivity (Wildman–Crippen MR) is 109 cm³/mol. The molecule has 0 aliphatic heterocycles. The van der Waals surface area contributed by atoms with Crippen LogP contribution in [0.5, 0.6) is 0 Å². The minimum Gasteiger partial charge on any atom is -0.467 e. The SMILES string of the molecule is O=C(/C=C/c1ccc([N+](=O)[O-])cc1)OCC(=O)N(Cc1ccco1)C1=CCCCC1. The lowest BCUT2D eigenvalue weighted by Crippen LogP contribution is -2.34. The van der Waals surface area contributed by atoms with Gasteiger partial charge in [-0.05, 0) is 61.6 Å². The third kappa shape index (κ3) is 5.91. The molecule has 1 aromatic carbocycles. The number of rotatable bonds is 8. The van der Waals surface area contributed by atoms with E-state index >= 15 is 0 Å². The quantitative estimate of drug-likeness (QED) is 0.279. The zero-order chi connectivity index (χ0) is 21.3. The number of esters is 1. The van der Waals surface area contributed by atoms with E-state index in [2.05, 4.69) is 0 Å². The number of allylic oxidation sites excluding steroid dienone is 2. The number of nitrogens with zero attached hydrogens (tertiary/aromatic N) is 2. The molecule has 1 amide bonds. The van der Waals surface area contributed by atoms with E-state index in [0.29, 0.717) is 11.3 Å². The maximum absolute atomic E-state index is 12.7. The van der Waals surface area contributed by atoms with Crippen LogP contribution in [0.2, 0.25) is 0 Å². The van der Waals surface area contributed by atoms with Crippen molar-refractivity contribution in [1.29, 1.82) is 0 Å². The molecule has 0 bridgehead atoms. The summed E-state index contributed by atoms with van der Waals surface area (Å²) in [5.74, 6) is -0.340. The van der Waals surface area contributed by atoms with Crippen LogP contribution in [0.15, 0.2) is 64.9 Å². The minimum atomic E-state index is -0.669. The number of benzene rings is 1. The normalized spacial score (nSPS) is 13.7. The van der Waals surface area contributed by atoms with Gasteiger partial charge in [-0.15, -0.1) is 0 Å². The van der Waals surface area contributed by atoms with Crippen LogP contribution in [0.25, 0.3) is 6.08 Å². The Morgan fingerprint density at radius 3 is 2.63 bits per heavy atom. The minimum absolute atomic E-state index is 0.0333. The predicted octanol–water partition coefficient (Wildman–Crippen LogP) is 4.23. The smallest absolute Gasteiger partial charge is 0.331 e. The molecule has 1 aliphatic rings. The number of hydrogen-bond acceptors (Lipinski definition) is 6. The van der Waals surface area contributed by atoms with Crippen molar-refractivity contribution in [3.8, 4) is 0 Å². The summed E-state index contributed by atoms with van der Waals surface area (Å²) in [6, 6.07) is 9.29. The molecule has 156 valence electrons. The highest BCUT2D eigenvalue weighted by molar-refractivity contribution is 5.89. The van der Waals surface area contributed by atoms with Crippen molar-refractivity contribution >= 4 is 23.6 Å². The van der Waals surface area contributed by atoms with E-state index in [9.17, 15) is 19.7 Å². The molecule has 3 rings (SSSR count). The monoisotopic (exact) mass is 410 g/mol. The Bertz CT molecular complexity index is 945. The highest BCUT2D eigenvalue weighted by atomic mass is 16.6. The standard InChI is InChI=1S/C22H22N2O6/c25-21(23(15-20-7-4-14-29-20)18-5-2-1-3-6-18)16-30-22(26)13-10-17-8-11-19(12-9-17)24(27)28/h4-5,7-14H,1-3,6,15-16H2/b13-10+. The molecule has 2 aromatic rings. The summed E-state index contributed by atoms with van der Waals surface area (Å²) in [7, 11) is 0. The van der Waals surface area contributed by atoms with Crippen molar-refractivity contribution < 1.29 is 23.7 Å². The molecule has 30 heavy (non-hydrogen) atoms. The zero-order valence-electron chi connectivity index (χ0n) is 16.4. The molecule has 0 atom stereocenters. The van der Waals surface area contributed by atoms with Crippen LogP contribution < -0.4 is 0 Å². The third-order valence-electron chi connectivity index (χ3n) is 4.66. The van der Waals surface area contributed by atoms with Gasteiger partial charge in [-0.3, -0.25) is 14.9 Å². The van der Waals surface area contributed by atoms with Gasteiger partial charge in [0.15, 0.2) is 6.61 Å². The number of nitro benzene ring substituents is 1. The first-order chi connectivity index (χ1) is 14.5. The molecular formula is C22H22N2O6. The van der Waals surface area contributed by atoms with Crippen LogP contribution in [-0.2, 0) is 20.9 Å². The number of ether oxygens (including phenoxy) is 1. The van der Waals surface area contributed by atoms with Crippen molar-refractivity contribution in [2.24, 2.45) is 0 Å². The molecule has 0 saturated heterocycles. The van der Waals surface area contributed by atoms with Gasteiger partial charge in [0.2, 0.25) is 0 Å². The molecular weight excluding hydrogens is 388 g/mol. The Morgan fingerprint density at radius 1 is 1.20 bits per heavy atom. The molecule has 0 spiro atoms. The van der Waals surface area contributed by atoms with Crippen LogP contribution in [-0.4, -0.2) is 28.3 Å². The largest absolute Gasteiger partial charge is 0.467 e. The lowest BCUT2D eigenvalue weighted by Gasteiger charge is -2.26. The van der Waals surface area contributed by atoms with Gasteiger partial charge in [0.1, 0.15) is 5.76 Å². The second-order valence-electron chi connectivity index (χ2n) is 6.79. The Kier molecular flexibility index (Phi) is 7.15. The van der Waals surface area contributed by atoms with E-state index in [1.54, 1.807) is 23.3 Å². The van der Waals surface area contributed by atoms with Crippen LogP contribution in [0.1, 0.15) is 37.0 Å². The summed E-state index contributed by atoms with van der Waals surface area (Å²) in [5, 5.41) is 10.7. The molecule has 0 saturated carbocycles. The summed E-state index contributed by atoms with van der Waals surface area (Å²) < 4.78 is 10.5. The van der Waals surface area contributed by atoms with E-state index in [0.717, 1.165) is 31.4 Å². The molecule has 0 radical (unpaired) electrons. The summed E-state index contributed by atoms with van der Waals surface area (Å²) >= 11 is 0. The van der Waals surface area contributed by atoms with Crippen molar-refractivity contribution in [3.05, 3.63) is 81.9 Å². The van der Waals surface area contributed by atoms with E-state index in [4.69, 9.17) is 9.15 Å². The average molecular weight is 410 g/mol. The fourth-order valence-electron chi connectivity index (χ4n) is 3.10. The highest BCUT2D eigenvalue weighted by Crippen LogP contribution is 2.23. The first kappa shape index (κ1) is 21.0. The third-order valence-corrected chi connectivity index (χ3v) is 4.66. The van der Waals surface area contributed by atoms with E-state index in [1.165, 1.54) is 36.4 Å². The van der Waals surface area contributed by atoms with E-state index in [-0.39, 0.29) is 24.7 Å². The summed E-state index contributed by atoms with van der Waals surface area (Å²) in [4.78, 5) is 36.5. The number of furan rings is 1. The zero-order valence-corrected chi connectivity index (χ0v) is 16.4. The fourth-order valence-corrected chi connectivity index (χ4v) is 3.10. The highest BCUT2D eigenvalue weighted by Gasteiger charge is 2.21. The number of carbonyl (C=O) groups excluding carboxylic acids is 2. The van der Waals surface area contributed by atoms with Gasteiger partial charge < -0.3 is 14.1 Å². The number of carbonyl (C=O) groups is 2.